The normalized spacial score (nSPS) is 17.2. The van der Waals surface area contributed by atoms with Crippen molar-refractivity contribution in [3.8, 4) is 0 Å². The lowest BCUT2D eigenvalue weighted by Crippen LogP contribution is -1.87. The number of hydrogen-bond acceptors (Lipinski definition) is 3. The van der Waals surface area contributed by atoms with Crippen LogP contribution in [0.2, 0.25) is 0 Å². The number of ether oxygens (including phenoxy) is 1. The van der Waals surface area contributed by atoms with E-state index in [0.29, 0.717) is 6.61 Å². The minimum atomic E-state index is 0.656. The van der Waals surface area contributed by atoms with Gasteiger partial charge < -0.3 is 4.74 Å². The van der Waals surface area contributed by atoms with Gasteiger partial charge in [-0.15, -0.1) is 11.3 Å². The van der Waals surface area contributed by atoms with Gasteiger partial charge in [-0.05, 0) is 12.8 Å². The van der Waals surface area contributed by atoms with E-state index < -0.39 is 0 Å². The molecule has 0 bridgehead atoms. The molecule has 1 fully saturated rings. The molecule has 0 radical (unpaired) electrons. The zero-order valence-corrected chi connectivity index (χ0v) is 7.36. The molecular weight excluding hydrogens is 158 g/mol. The highest BCUT2D eigenvalue weighted by Crippen LogP contribution is 2.41. The molecule has 1 heterocycles. The van der Waals surface area contributed by atoms with Crippen LogP contribution in [0.1, 0.15) is 29.5 Å². The summed E-state index contributed by atoms with van der Waals surface area (Å²) in [6.07, 6.45) is 2.67. The van der Waals surface area contributed by atoms with Gasteiger partial charge in [-0.1, -0.05) is 0 Å². The number of aromatic nitrogens is 1. The third kappa shape index (κ3) is 1.60. The third-order valence-electron chi connectivity index (χ3n) is 1.79. The first kappa shape index (κ1) is 7.25. The molecule has 0 aliphatic heterocycles. The van der Waals surface area contributed by atoms with Gasteiger partial charge in [-0.25, -0.2) is 4.98 Å². The van der Waals surface area contributed by atoms with Gasteiger partial charge in [-0.2, -0.15) is 0 Å². The van der Waals surface area contributed by atoms with E-state index >= 15 is 0 Å². The monoisotopic (exact) mass is 169 g/mol. The Morgan fingerprint density at radius 1 is 1.73 bits per heavy atom. The summed E-state index contributed by atoms with van der Waals surface area (Å²) in [5.41, 5.74) is 1.08. The van der Waals surface area contributed by atoms with Crippen LogP contribution in [0.25, 0.3) is 0 Å². The highest BCUT2D eigenvalue weighted by atomic mass is 32.1. The molecule has 2 rings (SSSR count). The van der Waals surface area contributed by atoms with E-state index in [1.165, 1.54) is 17.8 Å². The van der Waals surface area contributed by atoms with Crippen LogP contribution in [-0.2, 0) is 11.3 Å². The number of thiazole rings is 1. The van der Waals surface area contributed by atoms with Gasteiger partial charge in [-0.3, -0.25) is 0 Å². The molecule has 11 heavy (non-hydrogen) atoms. The number of methoxy groups -OCH3 is 1. The summed E-state index contributed by atoms with van der Waals surface area (Å²) in [5.74, 6) is 0.783. The number of rotatable bonds is 3. The lowest BCUT2D eigenvalue weighted by Gasteiger charge is -1.90. The summed E-state index contributed by atoms with van der Waals surface area (Å²) in [5, 5.41) is 3.40. The molecule has 0 unspecified atom stereocenters. The molecule has 0 saturated heterocycles. The van der Waals surface area contributed by atoms with Crippen molar-refractivity contribution in [1.29, 1.82) is 0 Å². The van der Waals surface area contributed by atoms with Crippen molar-refractivity contribution in [3.05, 3.63) is 16.1 Å². The van der Waals surface area contributed by atoms with Crippen molar-refractivity contribution in [3.63, 3.8) is 0 Å². The SMILES string of the molecule is COCc1csc(C2CC2)n1. The largest absolute Gasteiger partial charge is 0.378 e. The van der Waals surface area contributed by atoms with E-state index in [0.717, 1.165) is 11.6 Å². The van der Waals surface area contributed by atoms with Gasteiger partial charge in [0.15, 0.2) is 0 Å². The fourth-order valence-electron chi connectivity index (χ4n) is 1.05. The third-order valence-corrected chi connectivity index (χ3v) is 2.84. The second-order valence-corrected chi connectivity index (χ2v) is 3.77. The fourth-order valence-corrected chi connectivity index (χ4v) is 2.03. The summed E-state index contributed by atoms with van der Waals surface area (Å²) >= 11 is 1.77. The lowest BCUT2D eigenvalue weighted by molar-refractivity contribution is 0.182. The zero-order chi connectivity index (χ0) is 7.68. The van der Waals surface area contributed by atoms with Gasteiger partial charge >= 0.3 is 0 Å². The quantitative estimate of drug-likeness (QED) is 0.691. The molecule has 2 nitrogen and oxygen atoms in total. The van der Waals surface area contributed by atoms with Crippen molar-refractivity contribution < 1.29 is 4.74 Å². The van der Waals surface area contributed by atoms with Gasteiger partial charge in [0, 0.05) is 18.4 Å². The highest BCUT2D eigenvalue weighted by molar-refractivity contribution is 7.09. The van der Waals surface area contributed by atoms with Crippen LogP contribution in [0, 0.1) is 0 Å². The standard InChI is InChI=1S/C8H11NOS/c1-10-4-7-5-11-8(9-7)6-2-3-6/h5-6H,2-4H2,1H3. The summed E-state index contributed by atoms with van der Waals surface area (Å²) < 4.78 is 4.99. The minimum Gasteiger partial charge on any atom is -0.378 e. The molecule has 1 aromatic rings. The smallest absolute Gasteiger partial charge is 0.0960 e. The fraction of sp³-hybridized carbons (Fsp3) is 0.625. The van der Waals surface area contributed by atoms with Crippen LogP contribution in [0.3, 0.4) is 0 Å². The molecule has 1 saturated carbocycles. The van der Waals surface area contributed by atoms with Crippen LogP contribution in [0.5, 0.6) is 0 Å². The molecule has 0 amide bonds. The Bertz CT molecular complexity index is 242. The molecule has 60 valence electrons. The van der Waals surface area contributed by atoms with E-state index in [4.69, 9.17) is 4.74 Å². The Kier molecular flexibility index (Phi) is 1.92. The van der Waals surface area contributed by atoms with Crippen molar-refractivity contribution in [1.82, 2.24) is 4.98 Å². The van der Waals surface area contributed by atoms with Crippen LogP contribution >= 0.6 is 11.3 Å². The van der Waals surface area contributed by atoms with E-state index in [1.807, 2.05) is 0 Å². The van der Waals surface area contributed by atoms with Crippen molar-refractivity contribution in [2.75, 3.05) is 7.11 Å². The number of hydrogen-bond donors (Lipinski definition) is 0. The van der Waals surface area contributed by atoms with Crippen LogP contribution in [0.15, 0.2) is 5.38 Å². The molecule has 1 aliphatic carbocycles. The van der Waals surface area contributed by atoms with E-state index in [1.54, 1.807) is 18.4 Å². The van der Waals surface area contributed by atoms with E-state index in [9.17, 15) is 0 Å². The summed E-state index contributed by atoms with van der Waals surface area (Å²) in [6.45, 7) is 0.656. The first-order valence-corrected chi connectivity index (χ1v) is 4.71. The highest BCUT2D eigenvalue weighted by Gasteiger charge is 2.26. The molecule has 1 aromatic heterocycles. The first-order valence-electron chi connectivity index (χ1n) is 3.83. The zero-order valence-electron chi connectivity index (χ0n) is 6.54. The molecule has 0 aromatic carbocycles. The number of nitrogens with zero attached hydrogens (tertiary/aromatic N) is 1. The summed E-state index contributed by atoms with van der Waals surface area (Å²) in [6, 6.07) is 0. The molecule has 3 heteroatoms. The van der Waals surface area contributed by atoms with Gasteiger partial charge in [0.05, 0.1) is 17.3 Å². The minimum absolute atomic E-state index is 0.656. The van der Waals surface area contributed by atoms with Crippen molar-refractivity contribution in [2.45, 2.75) is 25.4 Å². The maximum absolute atomic E-state index is 4.99. The second-order valence-electron chi connectivity index (χ2n) is 2.88. The Morgan fingerprint density at radius 2 is 2.55 bits per heavy atom. The van der Waals surface area contributed by atoms with Gasteiger partial charge in [0.1, 0.15) is 0 Å². The predicted molar refractivity (Wildman–Crippen MR) is 44.8 cm³/mol. The van der Waals surface area contributed by atoms with Gasteiger partial charge in [0.25, 0.3) is 0 Å². The maximum Gasteiger partial charge on any atom is 0.0960 e. The van der Waals surface area contributed by atoms with Crippen LogP contribution < -0.4 is 0 Å². The Hall–Kier alpha value is -0.410. The topological polar surface area (TPSA) is 22.1 Å². The predicted octanol–water partition coefficient (Wildman–Crippen LogP) is 2.17. The van der Waals surface area contributed by atoms with E-state index in [-0.39, 0.29) is 0 Å². The average molecular weight is 169 g/mol. The second kappa shape index (κ2) is 2.91. The summed E-state index contributed by atoms with van der Waals surface area (Å²) in [7, 11) is 1.70. The van der Waals surface area contributed by atoms with Crippen LogP contribution in [0.4, 0.5) is 0 Å². The first-order chi connectivity index (χ1) is 5.40. The van der Waals surface area contributed by atoms with Crippen molar-refractivity contribution in [2.24, 2.45) is 0 Å². The summed E-state index contributed by atoms with van der Waals surface area (Å²) in [4.78, 5) is 4.46. The lowest BCUT2D eigenvalue weighted by atomic mass is 10.4. The maximum atomic E-state index is 4.99. The molecular formula is C8H11NOS. The molecule has 1 aliphatic rings. The van der Waals surface area contributed by atoms with Crippen molar-refractivity contribution >= 4 is 11.3 Å². The van der Waals surface area contributed by atoms with Crippen LogP contribution in [-0.4, -0.2) is 12.1 Å². The molecule has 0 N–H and O–H groups in total. The van der Waals surface area contributed by atoms with Gasteiger partial charge in [0.2, 0.25) is 0 Å². The average Bonchev–Trinajstić information content (AvgIpc) is 2.75. The Balaban J connectivity index is 2.06. The molecule has 0 spiro atoms. The Morgan fingerprint density at radius 3 is 3.18 bits per heavy atom. The Labute approximate surface area is 70.2 Å². The van der Waals surface area contributed by atoms with E-state index in [2.05, 4.69) is 10.4 Å². The molecule has 0 atom stereocenters.